The highest BCUT2D eigenvalue weighted by Gasteiger charge is 2.22. The lowest BCUT2D eigenvalue weighted by Crippen LogP contribution is -2.39. The van der Waals surface area contributed by atoms with E-state index >= 15 is 0 Å². The van der Waals surface area contributed by atoms with Crippen LogP contribution in [0.3, 0.4) is 0 Å². The monoisotopic (exact) mass is 343 g/mol. The number of benzene rings is 1. The summed E-state index contributed by atoms with van der Waals surface area (Å²) in [6, 6.07) is 7.08. The molecule has 6 heteroatoms. The maximum absolute atomic E-state index is 12.1. The van der Waals surface area contributed by atoms with Gasteiger partial charge in [0.1, 0.15) is 5.82 Å². The zero-order chi connectivity index (χ0) is 17.6. The number of fused-ring (bicyclic) bond motifs is 1. The molecule has 1 saturated carbocycles. The molecule has 3 rings (SSSR count). The lowest BCUT2D eigenvalue weighted by atomic mass is 9.81. The van der Waals surface area contributed by atoms with Crippen LogP contribution in [0.5, 0.6) is 0 Å². The van der Waals surface area contributed by atoms with Crippen molar-refractivity contribution >= 4 is 16.8 Å². The molecule has 1 amide bonds. The number of nitrogens with one attached hydrogen (secondary N) is 2. The van der Waals surface area contributed by atoms with Crippen molar-refractivity contribution in [2.45, 2.75) is 51.0 Å². The first-order valence-corrected chi connectivity index (χ1v) is 9.04. The van der Waals surface area contributed by atoms with Crippen molar-refractivity contribution in [3.8, 4) is 0 Å². The molecule has 0 saturated heterocycles. The average molecular weight is 343 g/mol. The van der Waals surface area contributed by atoms with E-state index in [2.05, 4.69) is 15.3 Å². The quantitative estimate of drug-likeness (QED) is 0.682. The third-order valence-corrected chi connectivity index (χ3v) is 4.91. The van der Waals surface area contributed by atoms with Crippen LogP contribution in [0, 0.1) is 5.92 Å². The maximum Gasteiger partial charge on any atom is 0.258 e. The van der Waals surface area contributed by atoms with E-state index in [1.54, 1.807) is 6.07 Å². The molecule has 1 aliphatic rings. The van der Waals surface area contributed by atoms with Crippen LogP contribution in [0.4, 0.5) is 0 Å². The maximum atomic E-state index is 12.1. The topological polar surface area (TPSA) is 95.1 Å². The van der Waals surface area contributed by atoms with Gasteiger partial charge in [-0.1, -0.05) is 31.4 Å². The second-order valence-electron chi connectivity index (χ2n) is 6.86. The fourth-order valence-corrected chi connectivity index (χ4v) is 3.28. The summed E-state index contributed by atoms with van der Waals surface area (Å²) in [5.74, 6) is 1.19. The number of aromatic nitrogens is 2. The van der Waals surface area contributed by atoms with Gasteiger partial charge in [-0.2, -0.15) is 0 Å². The number of H-pyrrole nitrogens is 1. The number of hydrogen-bond donors (Lipinski definition) is 3. The van der Waals surface area contributed by atoms with Crippen molar-refractivity contribution in [2.75, 3.05) is 6.61 Å². The molecule has 0 radical (unpaired) electrons. The molecule has 0 unspecified atom stereocenters. The number of hydrogen-bond acceptors (Lipinski definition) is 4. The Labute approximate surface area is 146 Å². The molecule has 25 heavy (non-hydrogen) atoms. The first kappa shape index (κ1) is 17.6. The molecule has 1 atom stereocenters. The summed E-state index contributed by atoms with van der Waals surface area (Å²) in [6.45, 7) is -0.0121. The first-order chi connectivity index (χ1) is 12.2. The molecule has 3 N–H and O–H groups in total. The van der Waals surface area contributed by atoms with E-state index in [9.17, 15) is 14.7 Å². The number of nitrogens with zero attached hydrogens (tertiary/aromatic N) is 1. The summed E-state index contributed by atoms with van der Waals surface area (Å²) in [5.41, 5.74) is 0.525. The standard InChI is InChI=1S/C19H25N3O3/c23-12-14(11-13-5-3-6-13)20-18(24)10-4-9-17-21-16-8-2-1-7-15(16)19(25)22-17/h1-2,7-8,13-14,23H,3-6,9-12H2,(H,20,24)(H,21,22,25)/t14-/m1/s1. The molecule has 1 aromatic carbocycles. The van der Waals surface area contributed by atoms with E-state index < -0.39 is 0 Å². The lowest BCUT2D eigenvalue weighted by molar-refractivity contribution is -0.122. The summed E-state index contributed by atoms with van der Waals surface area (Å²) < 4.78 is 0. The third kappa shape index (κ3) is 4.66. The number of carbonyl (C=O) groups excluding carboxylic acids is 1. The molecule has 1 aliphatic carbocycles. The van der Waals surface area contributed by atoms with E-state index in [-0.39, 0.29) is 24.1 Å². The molecule has 0 spiro atoms. The normalized spacial score (nSPS) is 15.7. The zero-order valence-electron chi connectivity index (χ0n) is 14.3. The van der Waals surface area contributed by atoms with Crippen LogP contribution < -0.4 is 10.9 Å². The van der Waals surface area contributed by atoms with Gasteiger partial charge in [0.25, 0.3) is 5.56 Å². The van der Waals surface area contributed by atoms with Crippen LogP contribution in [0.1, 0.15) is 44.3 Å². The lowest BCUT2D eigenvalue weighted by Gasteiger charge is -2.29. The van der Waals surface area contributed by atoms with Crippen LogP contribution in [0.15, 0.2) is 29.1 Å². The van der Waals surface area contributed by atoms with Crippen LogP contribution in [-0.2, 0) is 11.2 Å². The minimum Gasteiger partial charge on any atom is -0.394 e. The minimum atomic E-state index is -0.147. The predicted molar refractivity (Wildman–Crippen MR) is 96.3 cm³/mol. The summed E-state index contributed by atoms with van der Waals surface area (Å²) >= 11 is 0. The Morgan fingerprint density at radius 3 is 2.88 bits per heavy atom. The number of aliphatic hydroxyl groups excluding tert-OH is 1. The van der Waals surface area contributed by atoms with Gasteiger partial charge in [0.05, 0.1) is 23.6 Å². The van der Waals surface area contributed by atoms with Gasteiger partial charge in [0.15, 0.2) is 0 Å². The van der Waals surface area contributed by atoms with Crippen LogP contribution >= 0.6 is 0 Å². The van der Waals surface area contributed by atoms with Crippen molar-refractivity contribution in [2.24, 2.45) is 5.92 Å². The second-order valence-corrected chi connectivity index (χ2v) is 6.86. The highest BCUT2D eigenvalue weighted by molar-refractivity contribution is 5.77. The highest BCUT2D eigenvalue weighted by Crippen LogP contribution is 2.30. The fourth-order valence-electron chi connectivity index (χ4n) is 3.28. The molecule has 0 aliphatic heterocycles. The number of aromatic amines is 1. The molecule has 1 aromatic heterocycles. The predicted octanol–water partition coefficient (Wildman–Crippen LogP) is 1.91. The molecule has 6 nitrogen and oxygen atoms in total. The summed E-state index contributed by atoms with van der Waals surface area (Å²) in [5, 5.41) is 12.9. The van der Waals surface area contributed by atoms with E-state index in [0.717, 1.165) is 6.42 Å². The van der Waals surface area contributed by atoms with Gasteiger partial charge in [0, 0.05) is 12.8 Å². The van der Waals surface area contributed by atoms with Crippen molar-refractivity contribution in [1.29, 1.82) is 0 Å². The summed E-state index contributed by atoms with van der Waals surface area (Å²) in [6.07, 6.45) is 6.03. The van der Waals surface area contributed by atoms with Crippen LogP contribution in [-0.4, -0.2) is 33.6 Å². The molecular formula is C19H25N3O3. The average Bonchev–Trinajstić information content (AvgIpc) is 2.57. The van der Waals surface area contributed by atoms with E-state index in [4.69, 9.17) is 0 Å². The number of aryl methyl sites for hydroxylation is 1. The van der Waals surface area contributed by atoms with Crippen molar-refractivity contribution < 1.29 is 9.90 Å². The zero-order valence-corrected chi connectivity index (χ0v) is 14.3. The smallest absolute Gasteiger partial charge is 0.258 e. The molecule has 134 valence electrons. The number of carbonyl (C=O) groups is 1. The number of para-hydroxylation sites is 1. The number of aliphatic hydroxyl groups is 1. The van der Waals surface area contributed by atoms with Gasteiger partial charge in [0.2, 0.25) is 5.91 Å². The molecule has 1 heterocycles. The van der Waals surface area contributed by atoms with E-state index in [1.165, 1.54) is 19.3 Å². The van der Waals surface area contributed by atoms with Crippen molar-refractivity contribution in [3.05, 3.63) is 40.4 Å². The van der Waals surface area contributed by atoms with Gasteiger partial charge in [-0.25, -0.2) is 4.98 Å². The first-order valence-electron chi connectivity index (χ1n) is 9.04. The van der Waals surface area contributed by atoms with E-state index in [1.807, 2.05) is 18.2 Å². The Morgan fingerprint density at radius 1 is 1.36 bits per heavy atom. The minimum absolute atomic E-state index is 0.0121. The third-order valence-electron chi connectivity index (χ3n) is 4.91. The van der Waals surface area contributed by atoms with Crippen molar-refractivity contribution in [1.82, 2.24) is 15.3 Å². The molecule has 1 fully saturated rings. The number of amides is 1. The number of rotatable bonds is 8. The Bertz CT molecular complexity index is 783. The van der Waals surface area contributed by atoms with Gasteiger partial charge in [-0.05, 0) is 30.9 Å². The second kappa shape index (κ2) is 8.25. The van der Waals surface area contributed by atoms with Gasteiger partial charge < -0.3 is 15.4 Å². The largest absolute Gasteiger partial charge is 0.394 e. The molecule has 2 aromatic rings. The summed E-state index contributed by atoms with van der Waals surface area (Å²) in [7, 11) is 0. The van der Waals surface area contributed by atoms with Gasteiger partial charge >= 0.3 is 0 Å². The fraction of sp³-hybridized carbons (Fsp3) is 0.526. The molecular weight excluding hydrogens is 318 g/mol. The van der Waals surface area contributed by atoms with Crippen molar-refractivity contribution in [3.63, 3.8) is 0 Å². The van der Waals surface area contributed by atoms with Gasteiger partial charge in [-0.3, -0.25) is 9.59 Å². The highest BCUT2D eigenvalue weighted by atomic mass is 16.3. The van der Waals surface area contributed by atoms with Gasteiger partial charge in [-0.15, -0.1) is 0 Å². The Kier molecular flexibility index (Phi) is 5.81. The Morgan fingerprint density at radius 2 is 2.16 bits per heavy atom. The molecule has 0 bridgehead atoms. The SMILES string of the molecule is O=C(CCCc1nc2ccccc2c(=O)[nH]1)N[C@@H](CO)CC1CCC1. The van der Waals surface area contributed by atoms with E-state index in [0.29, 0.717) is 41.9 Å². The van der Waals surface area contributed by atoms with Crippen LogP contribution in [0.2, 0.25) is 0 Å². The Hall–Kier alpha value is -2.21. The summed E-state index contributed by atoms with van der Waals surface area (Å²) in [4.78, 5) is 31.3. The van der Waals surface area contributed by atoms with Crippen LogP contribution in [0.25, 0.3) is 10.9 Å². The Balaban J connectivity index is 1.48.